The lowest BCUT2D eigenvalue weighted by atomic mass is 9.98. The van der Waals surface area contributed by atoms with Gasteiger partial charge in [0.15, 0.2) is 6.61 Å². The number of rotatable bonds is 8. The van der Waals surface area contributed by atoms with Gasteiger partial charge in [-0.1, -0.05) is 42.5 Å². The van der Waals surface area contributed by atoms with Crippen LogP contribution in [0.3, 0.4) is 0 Å². The van der Waals surface area contributed by atoms with Crippen molar-refractivity contribution in [3.8, 4) is 17.6 Å². The van der Waals surface area contributed by atoms with Crippen LogP contribution in [0.2, 0.25) is 0 Å². The van der Waals surface area contributed by atoms with E-state index in [1.54, 1.807) is 24.3 Å². The van der Waals surface area contributed by atoms with E-state index in [2.05, 4.69) is 5.32 Å². The van der Waals surface area contributed by atoms with Crippen LogP contribution in [0.4, 0.5) is 0 Å². The van der Waals surface area contributed by atoms with Gasteiger partial charge in [0.05, 0.1) is 24.3 Å². The van der Waals surface area contributed by atoms with E-state index >= 15 is 0 Å². The highest BCUT2D eigenvalue weighted by atomic mass is 16.5. The normalized spacial score (nSPS) is 11.2. The molecule has 146 valence electrons. The number of amides is 1. The third-order valence-corrected chi connectivity index (χ3v) is 4.32. The van der Waals surface area contributed by atoms with Crippen LogP contribution in [-0.4, -0.2) is 19.1 Å². The van der Waals surface area contributed by atoms with E-state index in [1.807, 2.05) is 67.6 Å². The maximum absolute atomic E-state index is 12.6. The van der Waals surface area contributed by atoms with Gasteiger partial charge >= 0.3 is 0 Å². The molecule has 1 unspecified atom stereocenters. The van der Waals surface area contributed by atoms with Crippen molar-refractivity contribution in [1.29, 1.82) is 5.26 Å². The van der Waals surface area contributed by atoms with Crippen molar-refractivity contribution in [2.75, 3.05) is 13.2 Å². The molecule has 0 heterocycles. The Kier molecular flexibility index (Phi) is 6.85. The summed E-state index contributed by atoms with van der Waals surface area (Å²) in [5.74, 6) is 1.09. The topological polar surface area (TPSA) is 71.3 Å². The third-order valence-electron chi connectivity index (χ3n) is 4.32. The fourth-order valence-electron chi connectivity index (χ4n) is 2.91. The molecule has 5 nitrogen and oxygen atoms in total. The summed E-state index contributed by atoms with van der Waals surface area (Å²) in [6, 6.07) is 25.9. The second-order valence-corrected chi connectivity index (χ2v) is 6.34. The number of carbonyl (C=O) groups excluding carboxylic acids is 1. The molecule has 0 saturated heterocycles. The third kappa shape index (κ3) is 5.60. The van der Waals surface area contributed by atoms with Gasteiger partial charge in [-0.15, -0.1) is 0 Å². The lowest BCUT2D eigenvalue weighted by Crippen LogP contribution is -2.33. The Hall–Kier alpha value is -3.78. The first kappa shape index (κ1) is 20.0. The number of hydrogen-bond donors (Lipinski definition) is 1. The number of ether oxygens (including phenoxy) is 2. The molecule has 0 fully saturated rings. The molecule has 3 aromatic carbocycles. The fraction of sp³-hybridized carbons (Fsp3) is 0.167. The van der Waals surface area contributed by atoms with Crippen LogP contribution < -0.4 is 14.8 Å². The molecule has 0 spiro atoms. The van der Waals surface area contributed by atoms with E-state index in [9.17, 15) is 4.79 Å². The van der Waals surface area contributed by atoms with Crippen LogP contribution in [0.5, 0.6) is 11.5 Å². The van der Waals surface area contributed by atoms with Crippen molar-refractivity contribution in [1.82, 2.24) is 5.32 Å². The largest absolute Gasteiger partial charge is 0.494 e. The van der Waals surface area contributed by atoms with E-state index < -0.39 is 0 Å². The van der Waals surface area contributed by atoms with Crippen molar-refractivity contribution in [3.05, 3.63) is 95.6 Å². The molecule has 0 radical (unpaired) electrons. The number of nitrogens with zero attached hydrogens (tertiary/aromatic N) is 1. The first-order valence-electron chi connectivity index (χ1n) is 9.39. The van der Waals surface area contributed by atoms with Gasteiger partial charge in [0.25, 0.3) is 5.91 Å². The number of carbonyl (C=O) groups is 1. The molecule has 1 atom stereocenters. The van der Waals surface area contributed by atoms with Crippen LogP contribution in [-0.2, 0) is 4.79 Å². The van der Waals surface area contributed by atoms with Crippen LogP contribution in [0.15, 0.2) is 78.9 Å². The van der Waals surface area contributed by atoms with Crippen molar-refractivity contribution in [2.45, 2.75) is 13.0 Å². The average Bonchev–Trinajstić information content (AvgIpc) is 2.78. The summed E-state index contributed by atoms with van der Waals surface area (Å²) < 4.78 is 11.1. The maximum atomic E-state index is 12.6. The molecule has 0 saturated carbocycles. The highest BCUT2D eigenvalue weighted by Crippen LogP contribution is 2.24. The van der Waals surface area contributed by atoms with Crippen molar-refractivity contribution < 1.29 is 14.3 Å². The highest BCUT2D eigenvalue weighted by molar-refractivity contribution is 5.78. The quantitative estimate of drug-likeness (QED) is 0.628. The van der Waals surface area contributed by atoms with Crippen LogP contribution in [0.1, 0.15) is 29.7 Å². The molecule has 0 aromatic heterocycles. The van der Waals surface area contributed by atoms with Gasteiger partial charge in [-0.25, -0.2) is 0 Å². The molecule has 1 amide bonds. The molecule has 1 N–H and O–H groups in total. The van der Waals surface area contributed by atoms with Gasteiger partial charge in [0.2, 0.25) is 0 Å². The first-order valence-corrected chi connectivity index (χ1v) is 9.39. The predicted octanol–water partition coefficient (Wildman–Crippen LogP) is 4.24. The Labute approximate surface area is 170 Å². The minimum absolute atomic E-state index is 0.119. The second kappa shape index (κ2) is 9.95. The SMILES string of the molecule is CCOc1ccc(C(NC(=O)COc2ccc(C#N)cc2)c2ccccc2)cc1. The zero-order valence-corrected chi connectivity index (χ0v) is 16.2. The van der Waals surface area contributed by atoms with E-state index in [4.69, 9.17) is 14.7 Å². The summed E-state index contributed by atoms with van der Waals surface area (Å²) in [5, 5.41) is 11.9. The van der Waals surface area contributed by atoms with Crippen LogP contribution >= 0.6 is 0 Å². The predicted molar refractivity (Wildman–Crippen MR) is 111 cm³/mol. The zero-order chi connectivity index (χ0) is 20.5. The monoisotopic (exact) mass is 386 g/mol. The molecule has 0 aliphatic heterocycles. The summed E-state index contributed by atoms with van der Waals surface area (Å²) in [6.45, 7) is 2.42. The molecule has 3 aromatic rings. The second-order valence-electron chi connectivity index (χ2n) is 6.34. The lowest BCUT2D eigenvalue weighted by molar-refractivity contribution is -0.123. The summed E-state index contributed by atoms with van der Waals surface area (Å²) in [7, 11) is 0. The zero-order valence-electron chi connectivity index (χ0n) is 16.2. The molecule has 0 bridgehead atoms. The Balaban J connectivity index is 1.70. The van der Waals surface area contributed by atoms with E-state index in [0.717, 1.165) is 16.9 Å². The Morgan fingerprint density at radius 3 is 2.10 bits per heavy atom. The summed E-state index contributed by atoms with van der Waals surface area (Å²) in [6.07, 6.45) is 0. The van der Waals surface area contributed by atoms with Crippen molar-refractivity contribution >= 4 is 5.91 Å². The standard InChI is InChI=1S/C24H22N2O3/c1-2-28-21-14-10-20(11-15-21)24(19-6-4-3-5-7-19)26-23(27)17-29-22-12-8-18(16-25)9-13-22/h3-15,24H,2,17H2,1H3,(H,26,27). The van der Waals surface area contributed by atoms with Gasteiger partial charge in [-0.2, -0.15) is 5.26 Å². The average molecular weight is 386 g/mol. The van der Waals surface area contributed by atoms with E-state index in [-0.39, 0.29) is 18.6 Å². The first-order chi connectivity index (χ1) is 14.2. The summed E-state index contributed by atoms with van der Waals surface area (Å²) >= 11 is 0. The molecule has 0 aliphatic rings. The molecular weight excluding hydrogens is 364 g/mol. The van der Waals surface area contributed by atoms with Crippen molar-refractivity contribution in [2.24, 2.45) is 0 Å². The van der Waals surface area contributed by atoms with Gasteiger partial charge in [-0.05, 0) is 54.4 Å². The number of benzene rings is 3. The fourth-order valence-corrected chi connectivity index (χ4v) is 2.91. The molecule has 0 aliphatic carbocycles. The van der Waals surface area contributed by atoms with Gasteiger partial charge in [-0.3, -0.25) is 4.79 Å². The minimum atomic E-state index is -0.302. The molecule has 5 heteroatoms. The Bertz CT molecular complexity index is 962. The minimum Gasteiger partial charge on any atom is -0.494 e. The number of nitriles is 1. The van der Waals surface area contributed by atoms with Crippen LogP contribution in [0.25, 0.3) is 0 Å². The van der Waals surface area contributed by atoms with Gasteiger partial charge in [0.1, 0.15) is 11.5 Å². The summed E-state index contributed by atoms with van der Waals surface area (Å²) in [5.41, 5.74) is 2.47. The Morgan fingerprint density at radius 2 is 1.48 bits per heavy atom. The van der Waals surface area contributed by atoms with E-state index in [1.165, 1.54) is 0 Å². The smallest absolute Gasteiger partial charge is 0.258 e. The summed E-state index contributed by atoms with van der Waals surface area (Å²) in [4.78, 5) is 12.6. The van der Waals surface area contributed by atoms with E-state index in [0.29, 0.717) is 17.9 Å². The Morgan fingerprint density at radius 1 is 0.897 bits per heavy atom. The van der Waals surface area contributed by atoms with Gasteiger partial charge in [0, 0.05) is 0 Å². The van der Waals surface area contributed by atoms with Gasteiger partial charge < -0.3 is 14.8 Å². The lowest BCUT2D eigenvalue weighted by Gasteiger charge is -2.20. The molecule has 3 rings (SSSR count). The van der Waals surface area contributed by atoms with Crippen molar-refractivity contribution in [3.63, 3.8) is 0 Å². The number of nitrogens with one attached hydrogen (secondary N) is 1. The molecule has 29 heavy (non-hydrogen) atoms. The highest BCUT2D eigenvalue weighted by Gasteiger charge is 2.17. The van der Waals surface area contributed by atoms with Crippen LogP contribution in [0, 0.1) is 11.3 Å². The number of hydrogen-bond acceptors (Lipinski definition) is 4. The maximum Gasteiger partial charge on any atom is 0.258 e. The molecular formula is C24H22N2O3.